The number of fused-ring (bicyclic) bond motifs is 1. The number of anilines is 1. The summed E-state index contributed by atoms with van der Waals surface area (Å²) in [6.07, 6.45) is 0. The molecule has 2 rings (SSSR count). The van der Waals surface area contributed by atoms with Crippen molar-refractivity contribution in [1.82, 2.24) is 0 Å². The van der Waals surface area contributed by atoms with Crippen LogP contribution in [0.5, 0.6) is 0 Å². The SMILES string of the molecule is CCOC(=O)c1cc2c(C)c(N)c(C)c(C)c2o1. The summed E-state index contributed by atoms with van der Waals surface area (Å²) in [4.78, 5) is 11.7. The normalized spacial score (nSPS) is 10.9. The molecule has 1 heterocycles. The fraction of sp³-hybridized carbons (Fsp3) is 0.357. The molecule has 0 aliphatic heterocycles. The van der Waals surface area contributed by atoms with E-state index in [0.29, 0.717) is 12.2 Å². The van der Waals surface area contributed by atoms with Gasteiger partial charge in [0.05, 0.1) is 6.61 Å². The number of hydrogen-bond acceptors (Lipinski definition) is 4. The Hall–Kier alpha value is -1.97. The molecule has 0 spiro atoms. The van der Waals surface area contributed by atoms with Crippen molar-refractivity contribution in [2.24, 2.45) is 0 Å². The van der Waals surface area contributed by atoms with Crippen LogP contribution in [0.2, 0.25) is 0 Å². The smallest absolute Gasteiger partial charge is 0.374 e. The summed E-state index contributed by atoms with van der Waals surface area (Å²) in [6.45, 7) is 7.90. The van der Waals surface area contributed by atoms with Gasteiger partial charge in [-0.2, -0.15) is 0 Å². The van der Waals surface area contributed by atoms with Crippen molar-refractivity contribution in [3.8, 4) is 0 Å². The van der Waals surface area contributed by atoms with Crippen molar-refractivity contribution in [2.45, 2.75) is 27.7 Å². The lowest BCUT2D eigenvalue weighted by Gasteiger charge is -2.08. The quantitative estimate of drug-likeness (QED) is 0.654. The zero-order chi connectivity index (χ0) is 13.4. The topological polar surface area (TPSA) is 65.5 Å². The van der Waals surface area contributed by atoms with E-state index in [4.69, 9.17) is 14.9 Å². The average Bonchev–Trinajstić information content (AvgIpc) is 2.79. The zero-order valence-corrected chi connectivity index (χ0v) is 11.1. The molecule has 18 heavy (non-hydrogen) atoms. The van der Waals surface area contributed by atoms with Crippen molar-refractivity contribution < 1.29 is 13.9 Å². The van der Waals surface area contributed by atoms with E-state index in [1.807, 2.05) is 20.8 Å². The van der Waals surface area contributed by atoms with Gasteiger partial charge >= 0.3 is 5.97 Å². The summed E-state index contributed by atoms with van der Waals surface area (Å²) in [5.41, 5.74) is 10.4. The molecule has 0 aliphatic rings. The maximum atomic E-state index is 11.7. The van der Waals surface area contributed by atoms with Gasteiger partial charge in [-0.15, -0.1) is 0 Å². The van der Waals surface area contributed by atoms with E-state index in [1.165, 1.54) is 0 Å². The Labute approximate surface area is 106 Å². The second kappa shape index (κ2) is 4.37. The van der Waals surface area contributed by atoms with Crippen molar-refractivity contribution in [1.29, 1.82) is 0 Å². The molecule has 2 aromatic rings. The van der Waals surface area contributed by atoms with Gasteiger partial charge in [-0.3, -0.25) is 0 Å². The van der Waals surface area contributed by atoms with Crippen LogP contribution in [0.4, 0.5) is 5.69 Å². The molecule has 0 radical (unpaired) electrons. The van der Waals surface area contributed by atoms with Crippen molar-refractivity contribution in [2.75, 3.05) is 12.3 Å². The van der Waals surface area contributed by atoms with Gasteiger partial charge < -0.3 is 14.9 Å². The maximum absolute atomic E-state index is 11.7. The summed E-state index contributed by atoms with van der Waals surface area (Å²) in [7, 11) is 0. The van der Waals surface area contributed by atoms with Gasteiger partial charge in [0.2, 0.25) is 5.76 Å². The summed E-state index contributed by atoms with van der Waals surface area (Å²) in [6, 6.07) is 1.70. The number of nitrogens with two attached hydrogens (primary N) is 1. The first-order valence-electron chi connectivity index (χ1n) is 5.93. The van der Waals surface area contributed by atoms with Gasteiger partial charge in [0, 0.05) is 11.1 Å². The highest BCUT2D eigenvalue weighted by atomic mass is 16.5. The number of ether oxygens (including phenoxy) is 1. The van der Waals surface area contributed by atoms with Crippen LogP contribution >= 0.6 is 0 Å². The van der Waals surface area contributed by atoms with Gasteiger partial charge in [0.15, 0.2) is 0 Å². The second-order valence-corrected chi connectivity index (χ2v) is 4.36. The predicted octanol–water partition coefficient (Wildman–Crippen LogP) is 3.12. The number of carbonyl (C=O) groups is 1. The highest BCUT2D eigenvalue weighted by Crippen LogP contribution is 2.33. The molecule has 4 nitrogen and oxygen atoms in total. The van der Waals surface area contributed by atoms with Crippen LogP contribution in [0.25, 0.3) is 11.0 Å². The summed E-state index contributed by atoms with van der Waals surface area (Å²) >= 11 is 0. The van der Waals surface area contributed by atoms with Crippen LogP contribution in [0.15, 0.2) is 10.5 Å². The minimum atomic E-state index is -0.441. The van der Waals surface area contributed by atoms with Gasteiger partial charge in [-0.05, 0) is 50.5 Å². The lowest BCUT2D eigenvalue weighted by molar-refractivity contribution is 0.0492. The number of nitrogen functional groups attached to an aromatic ring is 1. The van der Waals surface area contributed by atoms with E-state index < -0.39 is 5.97 Å². The van der Waals surface area contributed by atoms with E-state index in [-0.39, 0.29) is 5.76 Å². The van der Waals surface area contributed by atoms with Crippen molar-refractivity contribution >= 4 is 22.6 Å². The fourth-order valence-corrected chi connectivity index (χ4v) is 2.05. The molecule has 96 valence electrons. The molecule has 1 aromatic carbocycles. The molecule has 0 fully saturated rings. The van der Waals surface area contributed by atoms with Crippen LogP contribution < -0.4 is 5.73 Å². The Morgan fingerprint density at radius 3 is 2.56 bits per heavy atom. The Morgan fingerprint density at radius 1 is 1.28 bits per heavy atom. The van der Waals surface area contributed by atoms with Gasteiger partial charge in [0.25, 0.3) is 0 Å². The number of aryl methyl sites for hydroxylation is 2. The van der Waals surface area contributed by atoms with Gasteiger partial charge in [-0.1, -0.05) is 0 Å². The molecule has 0 saturated heterocycles. The van der Waals surface area contributed by atoms with Crippen molar-refractivity contribution in [3.05, 3.63) is 28.5 Å². The van der Waals surface area contributed by atoms with Crippen LogP contribution in [-0.4, -0.2) is 12.6 Å². The Kier molecular flexibility index (Phi) is 3.03. The number of hydrogen-bond donors (Lipinski definition) is 1. The van der Waals surface area contributed by atoms with Crippen LogP contribution in [0.1, 0.15) is 34.2 Å². The minimum Gasteiger partial charge on any atom is -0.460 e. The summed E-state index contributed by atoms with van der Waals surface area (Å²) in [5.74, 6) is -0.216. The van der Waals surface area contributed by atoms with E-state index in [2.05, 4.69) is 0 Å². The third kappa shape index (κ3) is 1.74. The van der Waals surface area contributed by atoms with E-state index in [0.717, 1.165) is 27.8 Å². The molecule has 0 unspecified atom stereocenters. The lowest BCUT2D eigenvalue weighted by atomic mass is 10.00. The first-order valence-corrected chi connectivity index (χ1v) is 5.93. The Bertz CT molecular complexity index is 581. The zero-order valence-electron chi connectivity index (χ0n) is 11.1. The molecule has 1 aromatic heterocycles. The molecule has 0 amide bonds. The Balaban J connectivity index is 2.68. The third-order valence-corrected chi connectivity index (χ3v) is 3.32. The first kappa shape index (κ1) is 12.5. The molecule has 4 heteroatoms. The Morgan fingerprint density at radius 2 is 1.94 bits per heavy atom. The second-order valence-electron chi connectivity index (χ2n) is 4.36. The minimum absolute atomic E-state index is 0.225. The number of carbonyl (C=O) groups excluding carboxylic acids is 1. The number of furan rings is 1. The highest BCUT2D eigenvalue weighted by molar-refractivity contribution is 5.97. The predicted molar refractivity (Wildman–Crippen MR) is 70.8 cm³/mol. The van der Waals surface area contributed by atoms with Gasteiger partial charge in [0.1, 0.15) is 5.58 Å². The highest BCUT2D eigenvalue weighted by Gasteiger charge is 2.18. The lowest BCUT2D eigenvalue weighted by Crippen LogP contribution is -2.02. The molecule has 0 atom stereocenters. The third-order valence-electron chi connectivity index (χ3n) is 3.32. The first-order chi connectivity index (χ1) is 8.47. The van der Waals surface area contributed by atoms with E-state index in [9.17, 15) is 4.79 Å². The van der Waals surface area contributed by atoms with Crippen LogP contribution in [-0.2, 0) is 4.74 Å². The summed E-state index contributed by atoms with van der Waals surface area (Å²) in [5, 5.41) is 0.874. The average molecular weight is 247 g/mol. The molecular weight excluding hydrogens is 230 g/mol. The number of benzene rings is 1. The van der Waals surface area contributed by atoms with Crippen LogP contribution in [0, 0.1) is 20.8 Å². The number of esters is 1. The van der Waals surface area contributed by atoms with E-state index >= 15 is 0 Å². The monoisotopic (exact) mass is 247 g/mol. The fourth-order valence-electron chi connectivity index (χ4n) is 2.05. The molecular formula is C14H17NO3. The molecule has 0 saturated carbocycles. The number of rotatable bonds is 2. The maximum Gasteiger partial charge on any atom is 0.374 e. The van der Waals surface area contributed by atoms with Crippen LogP contribution in [0.3, 0.4) is 0 Å². The standard InChI is InChI=1S/C14H17NO3/c1-5-17-14(16)11-6-10-9(4)12(15)7(2)8(3)13(10)18-11/h6H,5,15H2,1-4H3. The molecule has 2 N–H and O–H groups in total. The van der Waals surface area contributed by atoms with E-state index in [1.54, 1.807) is 13.0 Å². The largest absolute Gasteiger partial charge is 0.460 e. The van der Waals surface area contributed by atoms with Crippen molar-refractivity contribution in [3.63, 3.8) is 0 Å². The summed E-state index contributed by atoms with van der Waals surface area (Å²) < 4.78 is 10.5. The van der Waals surface area contributed by atoms with Gasteiger partial charge in [-0.25, -0.2) is 4.79 Å². The molecule has 0 bridgehead atoms. The molecule has 0 aliphatic carbocycles.